The summed E-state index contributed by atoms with van der Waals surface area (Å²) in [6.45, 7) is 11.0. The minimum Gasteiger partial charge on any atom is -0.344 e. The van der Waals surface area contributed by atoms with Crippen molar-refractivity contribution in [3.63, 3.8) is 0 Å². The van der Waals surface area contributed by atoms with Crippen LogP contribution in [0.4, 0.5) is 0 Å². The Morgan fingerprint density at radius 2 is 0.882 bits per heavy atom. The van der Waals surface area contributed by atoms with Gasteiger partial charge in [-0.25, -0.2) is 24.3 Å². The van der Waals surface area contributed by atoms with Crippen LogP contribution in [-0.2, 0) is 21.7 Å². The van der Waals surface area contributed by atoms with Crippen LogP contribution >= 0.6 is 0 Å². The van der Waals surface area contributed by atoms with E-state index < -0.39 is 0 Å². The molecule has 0 heterocycles. The molecule has 17 heavy (non-hydrogen) atoms. The smallest absolute Gasteiger partial charge is 0.344 e. The summed E-state index contributed by atoms with van der Waals surface area (Å²) < 4.78 is 0. The summed E-state index contributed by atoms with van der Waals surface area (Å²) in [5.74, 6) is 0. The van der Waals surface area contributed by atoms with Crippen LogP contribution in [0.5, 0.6) is 0 Å². The molecule has 0 saturated carbocycles. The summed E-state index contributed by atoms with van der Waals surface area (Å²) >= 11 is 0. The molecular formula is C16H24Ti. The zero-order valence-electron chi connectivity index (χ0n) is 11.1. The van der Waals surface area contributed by atoms with Crippen LogP contribution in [0, 0.1) is 13.8 Å². The van der Waals surface area contributed by atoms with Crippen LogP contribution in [-0.4, -0.2) is 0 Å². The Balaban J connectivity index is -0.000000157. The van der Waals surface area contributed by atoms with Crippen LogP contribution in [0.25, 0.3) is 0 Å². The van der Waals surface area contributed by atoms with E-state index in [0.29, 0.717) is 0 Å². The van der Waals surface area contributed by atoms with Crippen molar-refractivity contribution in [1.29, 1.82) is 0 Å². The molecule has 0 atom stereocenters. The van der Waals surface area contributed by atoms with Crippen molar-refractivity contribution < 1.29 is 21.7 Å². The van der Waals surface area contributed by atoms with Gasteiger partial charge in [-0.1, -0.05) is 13.8 Å². The summed E-state index contributed by atoms with van der Waals surface area (Å²) in [6.07, 6.45) is 2.00. The predicted molar refractivity (Wildman–Crippen MR) is 75.4 cm³/mol. The van der Waals surface area contributed by atoms with Crippen molar-refractivity contribution in [1.82, 2.24) is 0 Å². The number of hydrogen-bond acceptors (Lipinski definition) is 0. The molecule has 0 radical (unpaired) electrons. The van der Waals surface area contributed by atoms with Gasteiger partial charge in [0.05, 0.1) is 0 Å². The molecule has 0 aliphatic rings. The Morgan fingerprint density at radius 3 is 0.941 bits per heavy atom. The van der Waals surface area contributed by atoms with Crippen molar-refractivity contribution in [3.05, 3.63) is 74.5 Å². The Labute approximate surface area is 123 Å². The van der Waals surface area contributed by atoms with E-state index in [1.54, 1.807) is 0 Å². The first-order valence-corrected chi connectivity index (χ1v) is 5.75. The molecule has 0 bridgehead atoms. The SMILES string of the molecule is [CH2-]CC.[CH2-]CC.[Ti+4].c1cc[cH-]c1.c1cc[cH-]c1. The van der Waals surface area contributed by atoms with Gasteiger partial charge in [0.1, 0.15) is 0 Å². The molecule has 0 aliphatic carbocycles. The average Bonchev–Trinajstić information content (AvgIpc) is 3.00. The van der Waals surface area contributed by atoms with E-state index in [2.05, 4.69) is 13.8 Å². The van der Waals surface area contributed by atoms with Crippen LogP contribution < -0.4 is 0 Å². The molecule has 2 rings (SSSR count). The standard InChI is InChI=1S/2C5H5.2C3H7.Ti/c2*1-2-4-5-3-1;2*1-3-2;/h2*1-5H;2*1,3H2,2H3;/q4*-1;+4. The van der Waals surface area contributed by atoms with Crippen molar-refractivity contribution in [2.24, 2.45) is 0 Å². The van der Waals surface area contributed by atoms with Crippen LogP contribution in [0.3, 0.4) is 0 Å². The van der Waals surface area contributed by atoms with Crippen LogP contribution in [0.15, 0.2) is 60.7 Å². The maximum absolute atomic E-state index is 3.49. The Bertz CT molecular complexity index is 168. The van der Waals surface area contributed by atoms with Gasteiger partial charge in [0.2, 0.25) is 0 Å². The Hall–Kier alpha value is -0.586. The van der Waals surface area contributed by atoms with E-state index in [9.17, 15) is 0 Å². The molecule has 0 saturated heterocycles. The molecule has 0 aromatic heterocycles. The average molecular weight is 264 g/mol. The summed E-state index contributed by atoms with van der Waals surface area (Å²) in [4.78, 5) is 0. The van der Waals surface area contributed by atoms with Gasteiger partial charge in [-0.3, -0.25) is 0 Å². The molecule has 0 spiro atoms. The van der Waals surface area contributed by atoms with E-state index >= 15 is 0 Å². The molecule has 0 fully saturated rings. The first-order chi connectivity index (χ1) is 7.83. The Morgan fingerprint density at radius 1 is 0.706 bits per heavy atom. The minimum atomic E-state index is 0. The molecule has 0 amide bonds. The summed E-state index contributed by atoms with van der Waals surface area (Å²) in [5, 5.41) is 0. The largest absolute Gasteiger partial charge is 4.00 e. The summed E-state index contributed by atoms with van der Waals surface area (Å²) in [6, 6.07) is 20.0. The number of hydrogen-bond donors (Lipinski definition) is 0. The number of rotatable bonds is 0. The third kappa shape index (κ3) is 31.3. The molecule has 2 aromatic carbocycles. The topological polar surface area (TPSA) is 0 Å². The van der Waals surface area contributed by atoms with Crippen molar-refractivity contribution >= 4 is 0 Å². The molecule has 0 unspecified atom stereocenters. The zero-order valence-corrected chi connectivity index (χ0v) is 12.7. The van der Waals surface area contributed by atoms with Gasteiger partial charge in [0, 0.05) is 0 Å². The summed E-state index contributed by atoms with van der Waals surface area (Å²) in [7, 11) is 0. The van der Waals surface area contributed by atoms with Gasteiger partial charge < -0.3 is 13.8 Å². The molecule has 0 aliphatic heterocycles. The van der Waals surface area contributed by atoms with Crippen molar-refractivity contribution in [2.45, 2.75) is 26.7 Å². The third-order valence-electron chi connectivity index (χ3n) is 1.11. The minimum absolute atomic E-state index is 0. The van der Waals surface area contributed by atoms with Gasteiger partial charge in [-0.15, -0.1) is 0 Å². The van der Waals surface area contributed by atoms with Crippen molar-refractivity contribution in [2.75, 3.05) is 0 Å². The molecule has 1 heteroatoms. The molecule has 2 aromatic rings. The first kappa shape index (κ1) is 21.7. The quantitative estimate of drug-likeness (QED) is 0.449. The molecule has 92 valence electrons. The molecule has 0 N–H and O–H groups in total. The second kappa shape index (κ2) is 24.6. The predicted octanol–water partition coefficient (Wildman–Crippen LogP) is 5.27. The first-order valence-electron chi connectivity index (χ1n) is 5.75. The van der Waals surface area contributed by atoms with E-state index in [1.807, 2.05) is 74.5 Å². The van der Waals surface area contributed by atoms with Gasteiger partial charge in [-0.05, 0) is 0 Å². The van der Waals surface area contributed by atoms with Crippen molar-refractivity contribution in [3.8, 4) is 0 Å². The van der Waals surface area contributed by atoms with Crippen LogP contribution in [0.2, 0.25) is 0 Å². The second-order valence-electron chi connectivity index (χ2n) is 2.92. The van der Waals surface area contributed by atoms with Crippen LogP contribution in [0.1, 0.15) is 26.7 Å². The fourth-order valence-corrected chi connectivity index (χ4v) is 0.642. The van der Waals surface area contributed by atoms with E-state index in [4.69, 9.17) is 0 Å². The van der Waals surface area contributed by atoms with E-state index in [0.717, 1.165) is 12.8 Å². The van der Waals surface area contributed by atoms with E-state index in [1.165, 1.54) is 0 Å². The van der Waals surface area contributed by atoms with E-state index in [-0.39, 0.29) is 21.7 Å². The fourth-order valence-electron chi connectivity index (χ4n) is 0.642. The molecule has 0 nitrogen and oxygen atoms in total. The monoisotopic (exact) mass is 264 g/mol. The van der Waals surface area contributed by atoms with Gasteiger partial charge >= 0.3 is 21.7 Å². The third-order valence-corrected chi connectivity index (χ3v) is 1.11. The second-order valence-corrected chi connectivity index (χ2v) is 2.92. The van der Waals surface area contributed by atoms with Gasteiger partial charge in [-0.2, -0.15) is 49.2 Å². The Kier molecular flexibility index (Phi) is 31.3. The molecular weight excluding hydrogens is 240 g/mol. The normalized spacial score (nSPS) is 6.82. The zero-order chi connectivity index (χ0) is 12.5. The summed E-state index contributed by atoms with van der Waals surface area (Å²) in [5.41, 5.74) is 0. The fraction of sp³-hybridized carbons (Fsp3) is 0.250. The maximum atomic E-state index is 3.49. The van der Waals surface area contributed by atoms with Gasteiger partial charge in [0.25, 0.3) is 0 Å². The maximum Gasteiger partial charge on any atom is 4.00 e. The van der Waals surface area contributed by atoms with Gasteiger partial charge in [0.15, 0.2) is 0 Å².